The molecule has 1 aromatic heterocycles. The first-order valence-electron chi connectivity index (χ1n) is 4.75. The van der Waals surface area contributed by atoms with Crippen molar-refractivity contribution in [3.63, 3.8) is 0 Å². The lowest BCUT2D eigenvalue weighted by Gasteiger charge is -2.04. The summed E-state index contributed by atoms with van der Waals surface area (Å²) in [6.07, 6.45) is 0. The Morgan fingerprint density at radius 2 is 2.24 bits per heavy atom. The van der Waals surface area contributed by atoms with Crippen molar-refractivity contribution in [1.82, 2.24) is 4.98 Å². The van der Waals surface area contributed by atoms with Gasteiger partial charge in [-0.1, -0.05) is 22.9 Å². The maximum absolute atomic E-state index is 12.9. The normalized spacial score (nSPS) is 10.6. The van der Waals surface area contributed by atoms with Crippen LogP contribution >= 0.6 is 34.5 Å². The van der Waals surface area contributed by atoms with Gasteiger partial charge in [-0.3, -0.25) is 0 Å². The van der Waals surface area contributed by atoms with E-state index in [-0.39, 0.29) is 5.82 Å². The number of aromatic nitrogens is 1. The molecule has 0 bridgehead atoms. The quantitative estimate of drug-likeness (QED) is 0.760. The highest BCUT2D eigenvalue weighted by Crippen LogP contribution is 2.34. The van der Waals surface area contributed by atoms with E-state index < -0.39 is 0 Å². The van der Waals surface area contributed by atoms with Crippen LogP contribution in [-0.2, 0) is 5.88 Å². The van der Waals surface area contributed by atoms with Gasteiger partial charge in [-0.25, -0.2) is 4.39 Å². The number of alkyl halides is 1. The highest BCUT2D eigenvalue weighted by Gasteiger charge is 2.11. The maximum atomic E-state index is 12.9. The van der Waals surface area contributed by atoms with Crippen molar-refractivity contribution in [1.29, 1.82) is 0 Å². The van der Waals surface area contributed by atoms with Crippen molar-refractivity contribution in [2.24, 2.45) is 0 Å². The molecular formula is C11H8Cl2FNOS. The van der Waals surface area contributed by atoms with Crippen LogP contribution in [0.4, 0.5) is 4.39 Å². The Morgan fingerprint density at radius 3 is 2.82 bits per heavy atom. The van der Waals surface area contributed by atoms with E-state index in [0.717, 1.165) is 4.88 Å². The molecule has 0 fully saturated rings. The summed E-state index contributed by atoms with van der Waals surface area (Å²) in [5.41, 5.74) is 0.698. The molecule has 0 N–H and O–H groups in total. The maximum Gasteiger partial charge on any atom is 0.280 e. The molecule has 0 atom stereocenters. The van der Waals surface area contributed by atoms with Crippen LogP contribution in [-0.4, -0.2) is 4.98 Å². The van der Waals surface area contributed by atoms with Crippen LogP contribution in [0.5, 0.6) is 10.9 Å². The fourth-order valence-corrected chi connectivity index (χ4v) is 2.59. The average Bonchev–Trinajstić information content (AvgIpc) is 2.63. The van der Waals surface area contributed by atoms with E-state index in [9.17, 15) is 4.39 Å². The van der Waals surface area contributed by atoms with Crippen LogP contribution in [0.3, 0.4) is 0 Å². The monoisotopic (exact) mass is 291 g/mol. The van der Waals surface area contributed by atoms with Crippen LogP contribution in [0.2, 0.25) is 5.15 Å². The zero-order valence-electron chi connectivity index (χ0n) is 8.84. The van der Waals surface area contributed by atoms with Crippen molar-refractivity contribution < 1.29 is 9.13 Å². The third-order valence-corrected chi connectivity index (χ3v) is 3.87. The zero-order valence-corrected chi connectivity index (χ0v) is 11.2. The molecule has 1 heterocycles. The van der Waals surface area contributed by atoms with Crippen LogP contribution in [0.1, 0.15) is 10.4 Å². The fraction of sp³-hybridized carbons (Fsp3) is 0.182. The third-order valence-electron chi connectivity index (χ3n) is 2.09. The fourth-order valence-electron chi connectivity index (χ4n) is 1.26. The summed E-state index contributed by atoms with van der Waals surface area (Å²) in [6, 6.07) is 4.29. The Labute approximate surface area is 112 Å². The highest BCUT2D eigenvalue weighted by atomic mass is 35.5. The Bertz CT molecular complexity index is 544. The topological polar surface area (TPSA) is 22.1 Å². The molecular weight excluding hydrogens is 284 g/mol. The van der Waals surface area contributed by atoms with Gasteiger partial charge in [0.2, 0.25) is 0 Å². The second-order valence-corrected chi connectivity index (χ2v) is 5.01. The molecule has 0 saturated carbocycles. The molecule has 6 heteroatoms. The number of halogens is 3. The van der Waals surface area contributed by atoms with Crippen molar-refractivity contribution in [2.45, 2.75) is 12.8 Å². The van der Waals surface area contributed by atoms with E-state index in [1.54, 1.807) is 13.0 Å². The lowest BCUT2D eigenvalue weighted by Crippen LogP contribution is -1.87. The van der Waals surface area contributed by atoms with E-state index >= 15 is 0 Å². The second kappa shape index (κ2) is 5.21. The smallest absolute Gasteiger partial charge is 0.280 e. The van der Waals surface area contributed by atoms with Gasteiger partial charge in [-0.15, -0.1) is 11.6 Å². The molecule has 0 radical (unpaired) electrons. The number of thiazole rings is 1. The minimum Gasteiger partial charge on any atom is -0.431 e. The second-order valence-electron chi connectivity index (χ2n) is 3.34. The number of benzene rings is 1. The first kappa shape index (κ1) is 12.6. The summed E-state index contributed by atoms with van der Waals surface area (Å²) in [7, 11) is 0. The van der Waals surface area contributed by atoms with Crippen LogP contribution in [0, 0.1) is 12.7 Å². The number of nitrogens with zero attached hydrogens (tertiary/aromatic N) is 1. The minimum absolute atomic E-state index is 0.294. The third kappa shape index (κ3) is 2.89. The summed E-state index contributed by atoms with van der Waals surface area (Å²) in [5, 5.41) is 0.750. The number of rotatable bonds is 3. The number of aryl methyl sites for hydroxylation is 1. The van der Waals surface area contributed by atoms with E-state index in [2.05, 4.69) is 4.98 Å². The summed E-state index contributed by atoms with van der Waals surface area (Å²) in [5.74, 6) is 0.550. The van der Waals surface area contributed by atoms with E-state index in [4.69, 9.17) is 27.9 Å². The average molecular weight is 292 g/mol. The van der Waals surface area contributed by atoms with Gasteiger partial charge in [0.15, 0.2) is 0 Å². The van der Waals surface area contributed by atoms with Crippen molar-refractivity contribution in [3.05, 3.63) is 39.6 Å². The van der Waals surface area contributed by atoms with Gasteiger partial charge in [0, 0.05) is 0 Å². The lowest BCUT2D eigenvalue weighted by atomic mass is 10.2. The molecule has 0 spiro atoms. The summed E-state index contributed by atoms with van der Waals surface area (Å²) in [6.45, 7) is 1.76. The van der Waals surface area contributed by atoms with Gasteiger partial charge in [-0.2, -0.15) is 4.98 Å². The van der Waals surface area contributed by atoms with Crippen molar-refractivity contribution in [2.75, 3.05) is 0 Å². The molecule has 0 aliphatic heterocycles. The Balaban J connectivity index is 2.25. The lowest BCUT2D eigenvalue weighted by molar-refractivity contribution is 0.473. The van der Waals surface area contributed by atoms with Crippen molar-refractivity contribution in [3.8, 4) is 10.9 Å². The van der Waals surface area contributed by atoms with E-state index in [1.165, 1.54) is 23.5 Å². The SMILES string of the molecule is Cc1cc(F)ccc1Oc1nc(Cl)c(CCl)s1. The Morgan fingerprint density at radius 1 is 1.47 bits per heavy atom. The highest BCUT2D eigenvalue weighted by molar-refractivity contribution is 7.14. The van der Waals surface area contributed by atoms with Gasteiger partial charge in [0.25, 0.3) is 5.19 Å². The number of ether oxygens (including phenoxy) is 1. The molecule has 0 saturated heterocycles. The predicted octanol–water partition coefficient (Wildman–Crippen LogP) is 4.78. The molecule has 0 unspecified atom stereocenters. The van der Waals surface area contributed by atoms with Gasteiger partial charge in [-0.05, 0) is 30.7 Å². The predicted molar refractivity (Wildman–Crippen MR) is 67.9 cm³/mol. The molecule has 17 heavy (non-hydrogen) atoms. The van der Waals surface area contributed by atoms with Crippen molar-refractivity contribution >= 4 is 34.5 Å². The molecule has 0 aliphatic rings. The van der Waals surface area contributed by atoms with Gasteiger partial charge in [0.05, 0.1) is 10.8 Å². The van der Waals surface area contributed by atoms with Gasteiger partial charge < -0.3 is 4.74 Å². The van der Waals surface area contributed by atoms with Crippen LogP contribution < -0.4 is 4.74 Å². The summed E-state index contributed by atoms with van der Waals surface area (Å²) in [4.78, 5) is 4.78. The standard InChI is InChI=1S/C11H8Cl2FNOS/c1-6-4-7(14)2-3-8(6)16-11-15-10(13)9(5-12)17-11/h2-4H,5H2,1H3. The zero-order chi connectivity index (χ0) is 12.4. The van der Waals surface area contributed by atoms with Gasteiger partial charge in [0.1, 0.15) is 16.7 Å². The number of hydrogen-bond donors (Lipinski definition) is 0. The van der Waals surface area contributed by atoms with Gasteiger partial charge >= 0.3 is 0 Å². The minimum atomic E-state index is -0.298. The van der Waals surface area contributed by atoms with Crippen LogP contribution in [0.15, 0.2) is 18.2 Å². The Kier molecular flexibility index (Phi) is 3.86. The molecule has 1 aromatic carbocycles. The number of hydrogen-bond acceptors (Lipinski definition) is 3. The molecule has 90 valence electrons. The molecule has 0 aliphatic carbocycles. The Hall–Kier alpha value is -0.840. The first-order chi connectivity index (χ1) is 8.10. The first-order valence-corrected chi connectivity index (χ1v) is 6.48. The molecule has 2 rings (SSSR count). The summed E-state index contributed by atoms with van der Waals surface area (Å²) >= 11 is 12.8. The van der Waals surface area contributed by atoms with E-state index in [0.29, 0.717) is 27.5 Å². The molecule has 0 amide bonds. The van der Waals surface area contributed by atoms with Crippen LogP contribution in [0.25, 0.3) is 0 Å². The largest absolute Gasteiger partial charge is 0.431 e. The molecule has 2 nitrogen and oxygen atoms in total. The summed E-state index contributed by atoms with van der Waals surface area (Å²) < 4.78 is 18.4. The molecule has 2 aromatic rings. The van der Waals surface area contributed by atoms with E-state index in [1.807, 2.05) is 0 Å².